The van der Waals surface area contributed by atoms with Crippen molar-refractivity contribution in [3.63, 3.8) is 0 Å². The first-order valence-electron chi connectivity index (χ1n) is 8.21. The van der Waals surface area contributed by atoms with Gasteiger partial charge in [0.2, 0.25) is 0 Å². The van der Waals surface area contributed by atoms with Gasteiger partial charge >= 0.3 is 23.9 Å². The molecule has 0 aromatic carbocycles. The van der Waals surface area contributed by atoms with Crippen molar-refractivity contribution in [2.45, 2.75) is 32.4 Å². The van der Waals surface area contributed by atoms with Gasteiger partial charge in [0.25, 0.3) is 0 Å². The van der Waals surface area contributed by atoms with E-state index in [1.807, 2.05) is 13.8 Å². The molecule has 0 atom stereocenters. The molecule has 0 amide bonds. The van der Waals surface area contributed by atoms with Gasteiger partial charge < -0.3 is 29.5 Å². The fourth-order valence-corrected chi connectivity index (χ4v) is 3.10. The van der Waals surface area contributed by atoms with Crippen LogP contribution in [-0.4, -0.2) is 66.6 Å². The van der Waals surface area contributed by atoms with Crippen LogP contribution >= 0.6 is 0 Å². The highest BCUT2D eigenvalue weighted by molar-refractivity contribution is 6.59. The summed E-state index contributed by atoms with van der Waals surface area (Å²) in [6.45, 7) is 8.79. The first kappa shape index (κ1) is 27.5. The lowest BCUT2D eigenvalue weighted by Gasteiger charge is -2.33. The zero-order valence-electron chi connectivity index (χ0n) is 16.2. The van der Waals surface area contributed by atoms with Gasteiger partial charge in [0.1, 0.15) is 8.80 Å². The summed E-state index contributed by atoms with van der Waals surface area (Å²) in [7, 11) is -1.39. The first-order valence-corrected chi connectivity index (χ1v) is 11.1. The van der Waals surface area contributed by atoms with Crippen LogP contribution in [0.3, 0.4) is 0 Å². The Balaban J connectivity index is 0. The van der Waals surface area contributed by atoms with Gasteiger partial charge in [-0.05, 0) is 13.8 Å². The van der Waals surface area contributed by atoms with Crippen LogP contribution < -0.4 is 0 Å². The lowest BCUT2D eigenvalue weighted by Crippen LogP contribution is -2.46. The van der Waals surface area contributed by atoms with Crippen LogP contribution in [0.15, 0.2) is 36.6 Å². The van der Waals surface area contributed by atoms with E-state index in [-0.39, 0.29) is 0 Å². The summed E-state index contributed by atoms with van der Waals surface area (Å²) in [4.78, 5) is 40.6. The van der Waals surface area contributed by atoms with Crippen molar-refractivity contribution in [1.82, 2.24) is 0 Å². The van der Waals surface area contributed by atoms with Crippen LogP contribution in [-0.2, 0) is 33.4 Å². The molecule has 0 bridgehead atoms. The highest BCUT2D eigenvalue weighted by Gasteiger charge is 2.33. The molecular formula is C17H26O10Si. The fraction of sp³-hybridized carbons (Fsp3) is 0.412. The average Bonchev–Trinajstić information content (AvgIpc) is 2.58. The third-order valence-electron chi connectivity index (χ3n) is 2.76. The molecule has 10 nitrogen and oxygen atoms in total. The molecule has 0 saturated heterocycles. The molecule has 0 spiro atoms. The van der Waals surface area contributed by atoms with Gasteiger partial charge in [-0.3, -0.25) is 0 Å². The van der Waals surface area contributed by atoms with E-state index in [0.717, 1.165) is 6.08 Å². The predicted octanol–water partition coefficient (Wildman–Crippen LogP) is 1.19. The number of ether oxygens (including phenoxy) is 3. The van der Waals surface area contributed by atoms with Crippen LogP contribution in [0, 0.1) is 0 Å². The van der Waals surface area contributed by atoms with Gasteiger partial charge in [0.05, 0.1) is 6.26 Å². The number of carbonyl (C=O) groups excluding carboxylic acids is 1. The minimum Gasteiger partial charge on any atom is -0.478 e. The lowest BCUT2D eigenvalue weighted by molar-refractivity contribution is -0.146. The second kappa shape index (κ2) is 15.3. The van der Waals surface area contributed by atoms with E-state index < -0.39 is 38.1 Å². The summed E-state index contributed by atoms with van der Waals surface area (Å²) in [6, 6.07) is 0. The Bertz CT molecular complexity index is 585. The summed E-state index contributed by atoms with van der Waals surface area (Å²) < 4.78 is 16.1. The summed E-state index contributed by atoms with van der Waals surface area (Å²) in [5.74, 6) is -4.49. The number of carboxylic acid groups (broad SMARTS) is 3. The summed E-state index contributed by atoms with van der Waals surface area (Å²) in [5.41, 5.74) is -0.833. The number of carbonyl (C=O) groups is 4. The molecule has 0 aliphatic carbocycles. The molecule has 0 aliphatic rings. The zero-order chi connectivity index (χ0) is 22.2. The van der Waals surface area contributed by atoms with Gasteiger partial charge in [-0.15, -0.1) is 0 Å². The minimum absolute atomic E-state index is 0.475. The van der Waals surface area contributed by atoms with E-state index >= 15 is 0 Å². The quantitative estimate of drug-likeness (QED) is 0.146. The monoisotopic (exact) mass is 418 g/mol. The minimum atomic E-state index is -1.39. The van der Waals surface area contributed by atoms with Crippen molar-refractivity contribution in [3.05, 3.63) is 36.6 Å². The molecule has 0 rings (SSSR count). The van der Waals surface area contributed by atoms with Crippen LogP contribution in [0.25, 0.3) is 0 Å². The third-order valence-corrected chi connectivity index (χ3v) is 4.89. The Labute approximate surface area is 164 Å². The molecule has 3 N–H and O–H groups in total. The normalized spacial score (nSPS) is 11.6. The van der Waals surface area contributed by atoms with Crippen molar-refractivity contribution in [2.24, 2.45) is 0 Å². The molecule has 0 radical (unpaired) electrons. The van der Waals surface area contributed by atoms with Crippen LogP contribution in [0.2, 0.25) is 13.1 Å². The summed E-state index contributed by atoms with van der Waals surface area (Å²) in [6.07, 6.45) is 5.43. The maximum absolute atomic E-state index is 11.2. The summed E-state index contributed by atoms with van der Waals surface area (Å²) in [5, 5.41) is 24.0. The molecule has 0 heterocycles. The molecular weight excluding hydrogens is 392 g/mol. The van der Waals surface area contributed by atoms with Crippen molar-refractivity contribution in [3.8, 4) is 0 Å². The molecule has 28 heavy (non-hydrogen) atoms. The van der Waals surface area contributed by atoms with E-state index in [0.29, 0.717) is 31.4 Å². The number of esters is 1. The highest BCUT2D eigenvalue weighted by Crippen LogP contribution is 2.20. The standard InChI is InChI=1S/C13H22O6Si.C4H4O4/c1-5-18-13(19-6-2,20(3)4)9-10-17-12(16)8-7-11(14)15;5-3(6)1-2-4(7)8/h7-10,20H,5-6H2,1-4H3,(H,14,15);1-2H,(H,5,6)(H,7,8)/b8-7-,10-9?;2-1+. The molecule has 0 aromatic heterocycles. The molecule has 0 aromatic rings. The third kappa shape index (κ3) is 14.4. The fourth-order valence-electron chi connectivity index (χ4n) is 1.63. The maximum atomic E-state index is 11.2. The van der Waals surface area contributed by atoms with E-state index in [2.05, 4.69) is 13.1 Å². The van der Waals surface area contributed by atoms with Gasteiger partial charge in [-0.1, -0.05) is 13.1 Å². The molecule has 158 valence electrons. The SMILES string of the molecule is CCOC(C=COC(=O)/C=C\C(=O)O)(OCC)[SiH](C)C.O=C(O)/C=C/C(=O)O. The van der Waals surface area contributed by atoms with Gasteiger partial charge in [-0.25, -0.2) is 19.2 Å². The van der Waals surface area contributed by atoms with E-state index in [1.165, 1.54) is 6.26 Å². The van der Waals surface area contributed by atoms with Gasteiger partial charge in [0, 0.05) is 43.6 Å². The Morgan fingerprint density at radius 1 is 0.821 bits per heavy atom. The van der Waals surface area contributed by atoms with Crippen LogP contribution in [0.5, 0.6) is 0 Å². The zero-order valence-corrected chi connectivity index (χ0v) is 17.3. The first-order chi connectivity index (χ1) is 13.0. The average molecular weight is 418 g/mol. The maximum Gasteiger partial charge on any atom is 0.335 e. The topological polar surface area (TPSA) is 157 Å². The smallest absolute Gasteiger partial charge is 0.335 e. The number of hydrogen-bond donors (Lipinski definition) is 3. The molecule has 0 aliphatic heterocycles. The molecule has 0 saturated carbocycles. The Hall–Kier alpha value is -2.76. The number of rotatable bonds is 11. The number of carboxylic acids is 3. The van der Waals surface area contributed by atoms with Crippen molar-refractivity contribution >= 4 is 32.7 Å². The Morgan fingerprint density at radius 3 is 1.54 bits per heavy atom. The highest BCUT2D eigenvalue weighted by atomic mass is 28.3. The largest absolute Gasteiger partial charge is 0.478 e. The van der Waals surface area contributed by atoms with Crippen molar-refractivity contribution < 1.29 is 48.7 Å². The lowest BCUT2D eigenvalue weighted by atomic mass is 10.5. The van der Waals surface area contributed by atoms with Gasteiger partial charge in [-0.2, -0.15) is 0 Å². The molecule has 0 fully saturated rings. The van der Waals surface area contributed by atoms with Crippen molar-refractivity contribution in [2.75, 3.05) is 13.2 Å². The Morgan fingerprint density at radius 2 is 1.21 bits per heavy atom. The second-order valence-corrected chi connectivity index (χ2v) is 8.28. The van der Waals surface area contributed by atoms with E-state index in [4.69, 9.17) is 29.5 Å². The molecule has 0 unspecified atom stereocenters. The second-order valence-electron chi connectivity index (χ2n) is 5.16. The molecule has 11 heteroatoms. The Kier molecular flexibility index (Phi) is 15.0. The van der Waals surface area contributed by atoms with E-state index in [9.17, 15) is 19.2 Å². The van der Waals surface area contributed by atoms with E-state index in [1.54, 1.807) is 6.08 Å². The van der Waals surface area contributed by atoms with Crippen molar-refractivity contribution in [1.29, 1.82) is 0 Å². The van der Waals surface area contributed by atoms with Crippen LogP contribution in [0.1, 0.15) is 13.8 Å². The van der Waals surface area contributed by atoms with Gasteiger partial charge in [0.15, 0.2) is 5.41 Å². The summed E-state index contributed by atoms with van der Waals surface area (Å²) >= 11 is 0. The predicted molar refractivity (Wildman–Crippen MR) is 101 cm³/mol. The number of hydrogen-bond acceptors (Lipinski definition) is 7. The number of aliphatic carboxylic acids is 3. The van der Waals surface area contributed by atoms with Crippen LogP contribution in [0.4, 0.5) is 0 Å².